The molecule has 0 aliphatic heterocycles. The number of aryl methyl sites for hydroxylation is 2. The Balaban J connectivity index is 1.77. The monoisotopic (exact) mass is 292 g/mol. The van der Waals surface area contributed by atoms with Gasteiger partial charge in [0, 0.05) is 11.8 Å². The Morgan fingerprint density at radius 1 is 0.955 bits per heavy atom. The van der Waals surface area contributed by atoms with Crippen molar-refractivity contribution >= 4 is 11.1 Å². The highest BCUT2D eigenvalue weighted by atomic mass is 16.5. The second kappa shape index (κ2) is 4.77. The number of aromatic nitrogens is 4. The fraction of sp³-hybridized carbons (Fsp3) is 0.125. The van der Waals surface area contributed by atoms with Gasteiger partial charge in [-0.25, -0.2) is 4.98 Å². The smallest absolute Gasteiger partial charge is 0.257 e. The Bertz CT molecular complexity index is 971. The van der Waals surface area contributed by atoms with Gasteiger partial charge in [-0.05, 0) is 32.0 Å². The van der Waals surface area contributed by atoms with Crippen LogP contribution >= 0.6 is 0 Å². The van der Waals surface area contributed by atoms with Crippen molar-refractivity contribution in [1.82, 2.24) is 20.3 Å². The predicted octanol–water partition coefficient (Wildman–Crippen LogP) is 3.56. The number of rotatable bonds is 2. The van der Waals surface area contributed by atoms with Crippen LogP contribution in [-0.4, -0.2) is 20.3 Å². The minimum atomic E-state index is 0.423. The van der Waals surface area contributed by atoms with Crippen molar-refractivity contribution in [3.8, 4) is 22.9 Å². The van der Waals surface area contributed by atoms with Gasteiger partial charge in [-0.2, -0.15) is 0 Å². The molecule has 4 aromatic rings. The van der Waals surface area contributed by atoms with Crippen molar-refractivity contribution in [2.75, 3.05) is 0 Å². The normalized spacial score (nSPS) is 11.2. The molecule has 0 fully saturated rings. The zero-order valence-electron chi connectivity index (χ0n) is 12.1. The van der Waals surface area contributed by atoms with Gasteiger partial charge >= 0.3 is 0 Å². The lowest BCUT2D eigenvalue weighted by molar-refractivity contribution is 0.443. The highest BCUT2D eigenvalue weighted by Crippen LogP contribution is 2.26. The van der Waals surface area contributed by atoms with E-state index in [-0.39, 0.29) is 0 Å². The van der Waals surface area contributed by atoms with E-state index in [0.29, 0.717) is 17.5 Å². The van der Waals surface area contributed by atoms with Gasteiger partial charge < -0.3 is 8.94 Å². The molecular weight excluding hydrogens is 280 g/mol. The predicted molar refractivity (Wildman–Crippen MR) is 80.0 cm³/mol. The molecule has 1 aromatic carbocycles. The van der Waals surface area contributed by atoms with Gasteiger partial charge in [0.05, 0.1) is 16.6 Å². The topological polar surface area (TPSA) is 77.8 Å². The number of hydrogen-bond acceptors (Lipinski definition) is 6. The zero-order chi connectivity index (χ0) is 15.1. The average Bonchev–Trinajstić information content (AvgIpc) is 3.15. The summed E-state index contributed by atoms with van der Waals surface area (Å²) in [7, 11) is 0. The molecule has 0 aliphatic carbocycles. The molecule has 3 aromatic heterocycles. The van der Waals surface area contributed by atoms with E-state index in [0.717, 1.165) is 27.8 Å². The van der Waals surface area contributed by atoms with Crippen LogP contribution in [0.2, 0.25) is 0 Å². The molecule has 4 rings (SSSR count). The molecule has 108 valence electrons. The van der Waals surface area contributed by atoms with Crippen molar-refractivity contribution < 1.29 is 8.94 Å². The third-order valence-corrected chi connectivity index (χ3v) is 3.45. The van der Waals surface area contributed by atoms with Crippen LogP contribution in [-0.2, 0) is 0 Å². The van der Waals surface area contributed by atoms with Gasteiger partial charge in [0.1, 0.15) is 0 Å². The summed E-state index contributed by atoms with van der Waals surface area (Å²) in [5.74, 6) is 0.910. The molecule has 0 radical (unpaired) electrons. The van der Waals surface area contributed by atoms with E-state index in [1.807, 2.05) is 44.2 Å². The van der Waals surface area contributed by atoms with Gasteiger partial charge in [-0.3, -0.25) is 0 Å². The summed E-state index contributed by atoms with van der Waals surface area (Å²) >= 11 is 0. The summed E-state index contributed by atoms with van der Waals surface area (Å²) in [5.41, 5.74) is 4.06. The van der Waals surface area contributed by atoms with Crippen molar-refractivity contribution in [1.29, 1.82) is 0 Å². The summed E-state index contributed by atoms with van der Waals surface area (Å²) in [6, 6.07) is 9.82. The lowest BCUT2D eigenvalue weighted by Gasteiger charge is -1.96. The molecule has 0 unspecified atom stereocenters. The minimum absolute atomic E-state index is 0.423. The van der Waals surface area contributed by atoms with E-state index in [9.17, 15) is 0 Å². The lowest BCUT2D eigenvalue weighted by Crippen LogP contribution is -1.81. The first-order valence-corrected chi connectivity index (χ1v) is 6.83. The fourth-order valence-corrected chi connectivity index (χ4v) is 2.30. The van der Waals surface area contributed by atoms with Gasteiger partial charge in [0.15, 0.2) is 0 Å². The van der Waals surface area contributed by atoms with Crippen LogP contribution in [0.1, 0.15) is 11.3 Å². The molecule has 3 heterocycles. The van der Waals surface area contributed by atoms with E-state index in [1.165, 1.54) is 0 Å². The number of nitrogens with zero attached hydrogens (tertiary/aromatic N) is 4. The molecule has 0 atom stereocenters. The second-order valence-corrected chi connectivity index (χ2v) is 5.13. The standard InChI is InChI=1S/C16H12N4O2/c1-9-4-3-5-11(6-9)14-18-19-15(21-14)12-7-13-10(2)20-22-16(13)17-8-12/h3-8H,1-2H3. The van der Waals surface area contributed by atoms with Crippen LogP contribution in [0.5, 0.6) is 0 Å². The number of fused-ring (bicyclic) bond motifs is 1. The largest absolute Gasteiger partial charge is 0.416 e. The van der Waals surface area contributed by atoms with E-state index >= 15 is 0 Å². The lowest BCUT2D eigenvalue weighted by atomic mass is 10.1. The Labute approximate surface area is 125 Å². The van der Waals surface area contributed by atoms with Crippen molar-refractivity contribution in [2.24, 2.45) is 0 Å². The van der Waals surface area contributed by atoms with Crippen LogP contribution in [0.25, 0.3) is 34.0 Å². The molecule has 0 saturated heterocycles. The molecule has 0 aliphatic rings. The SMILES string of the molecule is Cc1cccc(-c2nnc(-c3cnc4onc(C)c4c3)o2)c1. The summed E-state index contributed by atoms with van der Waals surface area (Å²) in [4.78, 5) is 4.22. The van der Waals surface area contributed by atoms with E-state index in [1.54, 1.807) is 6.20 Å². The molecular formula is C16H12N4O2. The van der Waals surface area contributed by atoms with Crippen molar-refractivity contribution in [3.05, 3.63) is 47.8 Å². The number of benzene rings is 1. The van der Waals surface area contributed by atoms with Crippen molar-refractivity contribution in [2.45, 2.75) is 13.8 Å². The zero-order valence-corrected chi connectivity index (χ0v) is 12.1. The molecule has 0 saturated carbocycles. The first-order valence-electron chi connectivity index (χ1n) is 6.83. The average molecular weight is 292 g/mol. The van der Waals surface area contributed by atoms with Gasteiger partial charge in [0.2, 0.25) is 11.8 Å². The molecule has 0 N–H and O–H groups in total. The Morgan fingerprint density at radius 3 is 2.59 bits per heavy atom. The quantitative estimate of drug-likeness (QED) is 0.562. The van der Waals surface area contributed by atoms with E-state index in [4.69, 9.17) is 8.94 Å². The maximum absolute atomic E-state index is 5.76. The van der Waals surface area contributed by atoms with Crippen molar-refractivity contribution in [3.63, 3.8) is 0 Å². The third-order valence-electron chi connectivity index (χ3n) is 3.45. The Hall–Kier alpha value is -3.02. The molecule has 22 heavy (non-hydrogen) atoms. The number of hydrogen-bond donors (Lipinski definition) is 0. The van der Waals surface area contributed by atoms with E-state index in [2.05, 4.69) is 20.3 Å². The van der Waals surface area contributed by atoms with Crippen LogP contribution in [0.3, 0.4) is 0 Å². The van der Waals surface area contributed by atoms with Crippen LogP contribution < -0.4 is 0 Å². The first-order chi connectivity index (χ1) is 10.7. The summed E-state index contributed by atoms with van der Waals surface area (Å²) < 4.78 is 10.9. The molecule has 6 heteroatoms. The summed E-state index contributed by atoms with van der Waals surface area (Å²) in [5, 5.41) is 12.9. The maximum Gasteiger partial charge on any atom is 0.257 e. The minimum Gasteiger partial charge on any atom is -0.416 e. The third kappa shape index (κ3) is 2.05. The van der Waals surface area contributed by atoms with Gasteiger partial charge in [-0.1, -0.05) is 22.9 Å². The molecule has 0 amide bonds. The van der Waals surface area contributed by atoms with Crippen LogP contribution in [0, 0.1) is 13.8 Å². The molecule has 0 bridgehead atoms. The Kier molecular flexibility index (Phi) is 2.75. The van der Waals surface area contributed by atoms with E-state index < -0.39 is 0 Å². The highest BCUT2D eigenvalue weighted by molar-refractivity contribution is 5.80. The highest BCUT2D eigenvalue weighted by Gasteiger charge is 2.13. The maximum atomic E-state index is 5.76. The first kappa shape index (κ1) is 12.7. The van der Waals surface area contributed by atoms with Gasteiger partial charge in [0.25, 0.3) is 5.71 Å². The number of pyridine rings is 1. The summed E-state index contributed by atoms with van der Waals surface area (Å²) in [6.07, 6.45) is 1.64. The van der Waals surface area contributed by atoms with Crippen LogP contribution in [0.15, 0.2) is 45.5 Å². The second-order valence-electron chi connectivity index (χ2n) is 5.13. The van der Waals surface area contributed by atoms with Crippen LogP contribution in [0.4, 0.5) is 0 Å². The Morgan fingerprint density at radius 2 is 1.77 bits per heavy atom. The molecule has 0 spiro atoms. The fourth-order valence-electron chi connectivity index (χ4n) is 2.30. The van der Waals surface area contributed by atoms with Gasteiger partial charge in [-0.15, -0.1) is 10.2 Å². The summed E-state index contributed by atoms with van der Waals surface area (Å²) in [6.45, 7) is 3.89. The molecule has 6 nitrogen and oxygen atoms in total.